The maximum absolute atomic E-state index is 13.4. The van der Waals surface area contributed by atoms with Crippen LogP contribution in [-0.2, 0) is 32.2 Å². The Balaban J connectivity index is 1.59. The molecule has 1 aromatic heterocycles. The molecule has 0 amide bonds. The van der Waals surface area contributed by atoms with Crippen LogP contribution in [0.2, 0.25) is 0 Å². The van der Waals surface area contributed by atoms with E-state index in [0.717, 1.165) is 21.8 Å². The largest absolute Gasteiger partial charge is 0.374 e. The van der Waals surface area contributed by atoms with Gasteiger partial charge in [-0.05, 0) is 11.1 Å². The summed E-state index contributed by atoms with van der Waals surface area (Å²) < 4.78 is 19.0. The summed E-state index contributed by atoms with van der Waals surface area (Å²) in [6.07, 6.45) is -1.18. The van der Waals surface area contributed by atoms with E-state index in [1.807, 2.05) is 60.7 Å². The molecular formula is C24H23ClN2O6. The topological polar surface area (TPSA) is 99.6 Å². The zero-order chi connectivity index (χ0) is 23.3. The average Bonchev–Trinajstić information content (AvgIpc) is 3.10. The number of Topliss-reactive ketones (excluding diaryl/α,β-unsaturated/α-hetero) is 1. The van der Waals surface area contributed by atoms with Gasteiger partial charge in [0.15, 0.2) is 6.10 Å². The monoisotopic (exact) mass is 470 g/mol. The van der Waals surface area contributed by atoms with Crippen LogP contribution in [0.3, 0.4) is 0 Å². The van der Waals surface area contributed by atoms with Crippen LogP contribution in [-0.4, -0.2) is 39.5 Å². The Bertz CT molecular complexity index is 1200. The zero-order valence-corrected chi connectivity index (χ0v) is 18.4. The van der Waals surface area contributed by atoms with E-state index in [2.05, 4.69) is 4.98 Å². The van der Waals surface area contributed by atoms with E-state index in [1.165, 1.54) is 6.20 Å². The first-order valence-corrected chi connectivity index (χ1v) is 10.9. The molecule has 0 bridgehead atoms. The smallest absolute Gasteiger partial charge is 0.330 e. The molecule has 0 unspecified atom stereocenters. The predicted molar refractivity (Wildman–Crippen MR) is 121 cm³/mol. The van der Waals surface area contributed by atoms with Crippen molar-refractivity contribution in [3.05, 3.63) is 105 Å². The van der Waals surface area contributed by atoms with E-state index in [0.29, 0.717) is 0 Å². The molecule has 2 aromatic carbocycles. The lowest BCUT2D eigenvalue weighted by Gasteiger charge is -2.31. The fraction of sp³-hybridized carbons (Fsp3) is 0.292. The summed E-state index contributed by atoms with van der Waals surface area (Å²) in [7, 11) is 0. The van der Waals surface area contributed by atoms with Crippen LogP contribution < -0.4 is 11.2 Å². The van der Waals surface area contributed by atoms with E-state index in [4.69, 9.17) is 25.8 Å². The van der Waals surface area contributed by atoms with E-state index < -0.39 is 35.0 Å². The number of alkyl halides is 1. The molecule has 0 saturated carbocycles. The molecule has 4 rings (SSSR count). The lowest BCUT2D eigenvalue weighted by Crippen LogP contribution is -2.49. The first-order valence-electron chi connectivity index (χ1n) is 10.4. The molecule has 8 nitrogen and oxygen atoms in total. The highest BCUT2D eigenvalue weighted by molar-refractivity contribution is 6.19. The number of nitrogens with one attached hydrogen (secondary N) is 1. The lowest BCUT2D eigenvalue weighted by molar-refractivity contribution is -0.145. The standard InChI is InChI=1S/C24H23ClN2O6/c25-15-24(16-31-13-17-7-3-1-4-8-17)21(32-14-18-9-5-2-6-10-18)20(29)22(33-24)27-12-11-19(28)26-23(27)30/h1-12,21-22H,13-16H2,(H,26,28,30)/t21-,22+,24+/m0/s1. The fourth-order valence-electron chi connectivity index (χ4n) is 3.69. The molecule has 2 heterocycles. The molecule has 0 radical (unpaired) electrons. The quantitative estimate of drug-likeness (QED) is 0.482. The summed E-state index contributed by atoms with van der Waals surface area (Å²) in [6, 6.07) is 20.0. The third-order valence-corrected chi connectivity index (χ3v) is 5.83. The number of carbonyl (C=O) groups excluding carboxylic acids is 1. The van der Waals surface area contributed by atoms with Gasteiger partial charge >= 0.3 is 5.69 Å². The Morgan fingerprint density at radius 2 is 1.58 bits per heavy atom. The van der Waals surface area contributed by atoms with E-state index >= 15 is 0 Å². The van der Waals surface area contributed by atoms with E-state index in [-0.39, 0.29) is 25.7 Å². The molecule has 0 spiro atoms. The van der Waals surface area contributed by atoms with Crippen molar-refractivity contribution in [1.82, 2.24) is 9.55 Å². The number of aromatic amines is 1. The molecule has 0 aliphatic carbocycles. The number of halogens is 1. The van der Waals surface area contributed by atoms with Crippen molar-refractivity contribution >= 4 is 17.4 Å². The van der Waals surface area contributed by atoms with Crippen LogP contribution in [0.25, 0.3) is 0 Å². The molecule has 1 N–H and O–H groups in total. The minimum absolute atomic E-state index is 0.0365. The minimum Gasteiger partial charge on any atom is -0.374 e. The highest BCUT2D eigenvalue weighted by Gasteiger charge is 2.56. The lowest BCUT2D eigenvalue weighted by atomic mass is 9.98. The Morgan fingerprint density at radius 3 is 2.18 bits per heavy atom. The minimum atomic E-state index is -1.33. The van der Waals surface area contributed by atoms with Crippen LogP contribution in [0, 0.1) is 0 Å². The highest BCUT2D eigenvalue weighted by atomic mass is 35.5. The summed E-state index contributed by atoms with van der Waals surface area (Å²) in [6.45, 7) is 0.391. The summed E-state index contributed by atoms with van der Waals surface area (Å²) in [5.74, 6) is -0.592. The molecule has 1 aliphatic heterocycles. The average molecular weight is 471 g/mol. The third-order valence-electron chi connectivity index (χ3n) is 5.37. The molecular weight excluding hydrogens is 448 g/mol. The second kappa shape index (κ2) is 10.3. The molecule has 1 aliphatic rings. The van der Waals surface area contributed by atoms with Gasteiger partial charge in [-0.1, -0.05) is 60.7 Å². The van der Waals surface area contributed by atoms with Crippen molar-refractivity contribution in [2.24, 2.45) is 0 Å². The van der Waals surface area contributed by atoms with Crippen LogP contribution >= 0.6 is 11.6 Å². The Hall–Kier alpha value is -3.04. The van der Waals surface area contributed by atoms with Gasteiger partial charge in [0.2, 0.25) is 12.0 Å². The molecule has 33 heavy (non-hydrogen) atoms. The van der Waals surface area contributed by atoms with Crippen LogP contribution in [0.1, 0.15) is 17.4 Å². The second-order valence-corrected chi connectivity index (χ2v) is 8.01. The van der Waals surface area contributed by atoms with E-state index in [9.17, 15) is 14.4 Å². The summed E-state index contributed by atoms with van der Waals surface area (Å²) >= 11 is 6.32. The molecule has 3 atom stereocenters. The fourth-order valence-corrected chi connectivity index (χ4v) is 3.97. The summed E-state index contributed by atoms with van der Waals surface area (Å²) in [5, 5.41) is 0. The van der Waals surface area contributed by atoms with Gasteiger partial charge in [0, 0.05) is 12.3 Å². The molecule has 172 valence electrons. The number of H-pyrrole nitrogens is 1. The molecule has 1 fully saturated rings. The SMILES string of the molecule is O=C1[C@H](n2ccc(=O)[nH]c2=O)O[C@](CCl)(COCc2ccccc2)[C@H]1OCc1ccccc1. The highest BCUT2D eigenvalue weighted by Crippen LogP contribution is 2.37. The molecule has 3 aromatic rings. The number of ether oxygens (including phenoxy) is 3. The first kappa shape index (κ1) is 23.1. The van der Waals surface area contributed by atoms with Gasteiger partial charge in [-0.2, -0.15) is 0 Å². The van der Waals surface area contributed by atoms with Crippen molar-refractivity contribution in [1.29, 1.82) is 0 Å². The summed E-state index contributed by atoms with van der Waals surface area (Å²) in [4.78, 5) is 39.3. The van der Waals surface area contributed by atoms with Gasteiger partial charge in [0.25, 0.3) is 5.56 Å². The van der Waals surface area contributed by atoms with Crippen LogP contribution in [0.5, 0.6) is 0 Å². The normalized spacial score (nSPS) is 22.5. The van der Waals surface area contributed by atoms with Gasteiger partial charge in [-0.3, -0.25) is 19.1 Å². The van der Waals surface area contributed by atoms with Crippen LogP contribution in [0.15, 0.2) is 82.5 Å². The van der Waals surface area contributed by atoms with Crippen LogP contribution in [0.4, 0.5) is 0 Å². The van der Waals surface area contributed by atoms with Crippen molar-refractivity contribution in [3.63, 3.8) is 0 Å². The number of benzene rings is 2. The number of hydrogen-bond donors (Lipinski definition) is 1. The van der Waals surface area contributed by atoms with Gasteiger partial charge in [0.05, 0.1) is 25.7 Å². The maximum atomic E-state index is 13.4. The molecule has 1 saturated heterocycles. The Morgan fingerprint density at radius 1 is 0.939 bits per heavy atom. The number of rotatable bonds is 9. The van der Waals surface area contributed by atoms with Gasteiger partial charge in [-0.25, -0.2) is 4.79 Å². The van der Waals surface area contributed by atoms with Gasteiger partial charge in [-0.15, -0.1) is 11.6 Å². The van der Waals surface area contributed by atoms with Crippen molar-refractivity contribution in [2.45, 2.75) is 31.1 Å². The number of carbonyl (C=O) groups is 1. The number of ketones is 1. The predicted octanol–water partition coefficient (Wildman–Crippen LogP) is 2.41. The van der Waals surface area contributed by atoms with Gasteiger partial charge in [0.1, 0.15) is 5.60 Å². The maximum Gasteiger partial charge on any atom is 0.330 e. The van der Waals surface area contributed by atoms with Crippen molar-refractivity contribution < 1.29 is 19.0 Å². The third kappa shape index (κ3) is 5.15. The Labute approximate surface area is 194 Å². The van der Waals surface area contributed by atoms with Crippen molar-refractivity contribution in [3.8, 4) is 0 Å². The Kier molecular flexibility index (Phi) is 7.20. The second-order valence-electron chi connectivity index (χ2n) is 7.74. The van der Waals surface area contributed by atoms with E-state index in [1.54, 1.807) is 0 Å². The molecule has 9 heteroatoms. The number of aromatic nitrogens is 2. The number of hydrogen-bond acceptors (Lipinski definition) is 6. The summed E-state index contributed by atoms with van der Waals surface area (Å²) in [5.41, 5.74) is -0.862. The van der Waals surface area contributed by atoms with Gasteiger partial charge < -0.3 is 14.2 Å². The van der Waals surface area contributed by atoms with Crippen molar-refractivity contribution in [2.75, 3.05) is 12.5 Å². The zero-order valence-electron chi connectivity index (χ0n) is 17.7. The first-order chi connectivity index (χ1) is 16.0. The number of nitrogens with zero attached hydrogens (tertiary/aromatic N) is 1.